The Labute approximate surface area is 258 Å². The molecule has 1 aromatic heterocycles. The Hall–Kier alpha value is -3.31. The molecule has 0 saturated carbocycles. The number of phenolic OH excluding ortho intramolecular Hbond substituents is 1. The van der Waals surface area contributed by atoms with Gasteiger partial charge in [-0.25, -0.2) is 8.78 Å². The molecule has 0 spiro atoms. The molecule has 8 nitrogen and oxygen atoms in total. The number of anilines is 1. The summed E-state index contributed by atoms with van der Waals surface area (Å²) in [5.41, 5.74) is 0.634. The quantitative estimate of drug-likeness (QED) is 0.281. The maximum Gasteiger partial charge on any atom is 0.319 e. The number of nitrogens with one attached hydrogen (secondary N) is 1. The number of piperazine rings is 1. The van der Waals surface area contributed by atoms with Gasteiger partial charge in [0.05, 0.1) is 18.2 Å². The van der Waals surface area contributed by atoms with Crippen LogP contribution in [0.25, 0.3) is 32.8 Å². The third-order valence-electron chi connectivity index (χ3n) is 9.67. The number of aromatic hydroxyl groups is 1. The van der Waals surface area contributed by atoms with Gasteiger partial charge in [0.2, 0.25) is 0 Å². The van der Waals surface area contributed by atoms with E-state index in [1.807, 2.05) is 24.3 Å². The minimum absolute atomic E-state index is 0.000599. The van der Waals surface area contributed by atoms with E-state index in [9.17, 15) is 5.11 Å². The van der Waals surface area contributed by atoms with Gasteiger partial charge < -0.3 is 24.8 Å². The van der Waals surface area contributed by atoms with Crippen molar-refractivity contribution in [2.75, 3.05) is 44.4 Å². The molecule has 4 aliphatic heterocycles. The smallest absolute Gasteiger partial charge is 0.319 e. The van der Waals surface area contributed by atoms with Gasteiger partial charge in [-0.05, 0) is 60.2 Å². The summed E-state index contributed by atoms with van der Waals surface area (Å²) in [6.45, 7) is 2.67. The predicted octanol–water partition coefficient (Wildman–Crippen LogP) is 5.47. The predicted molar refractivity (Wildman–Crippen MR) is 166 cm³/mol. The number of phenols is 1. The molecule has 4 bridgehead atoms. The molecular weight excluding hydrogens is 588 g/mol. The van der Waals surface area contributed by atoms with E-state index in [1.165, 1.54) is 6.07 Å². The van der Waals surface area contributed by atoms with Gasteiger partial charge in [0.15, 0.2) is 5.82 Å². The van der Waals surface area contributed by atoms with E-state index in [0.29, 0.717) is 55.2 Å². The van der Waals surface area contributed by atoms with Crippen molar-refractivity contribution in [3.05, 3.63) is 53.3 Å². The van der Waals surface area contributed by atoms with E-state index in [4.69, 9.17) is 26.1 Å². The summed E-state index contributed by atoms with van der Waals surface area (Å²) >= 11 is 6.84. The highest BCUT2D eigenvalue weighted by Gasteiger charge is 2.39. The standard InChI is InChI=1S/C33H34ClF2N5O3/c34-28-11-27-31(30(36)29(28)26-10-24(42)9-18-3-1-2-4-25(18)26)38-33(39-32(27)40-13-20-5-6-21(14-40)37-20)44-15-19(35)12-41-22-7-8-23(41)17-43-16-22/h1-4,9-11,19-23,37,42H,5-8,12-17H2. The minimum atomic E-state index is -1.27. The summed E-state index contributed by atoms with van der Waals surface area (Å²) in [6, 6.07) is 13.3. The molecule has 4 saturated heterocycles. The van der Waals surface area contributed by atoms with Crippen molar-refractivity contribution < 1.29 is 23.4 Å². The molecule has 44 heavy (non-hydrogen) atoms. The summed E-state index contributed by atoms with van der Waals surface area (Å²) in [4.78, 5) is 13.6. The first-order valence-electron chi connectivity index (χ1n) is 15.4. The lowest BCUT2D eigenvalue weighted by molar-refractivity contribution is -0.0276. The molecule has 230 valence electrons. The highest BCUT2D eigenvalue weighted by Crippen LogP contribution is 2.43. The Morgan fingerprint density at radius 2 is 1.77 bits per heavy atom. The molecule has 4 aromatic rings. The van der Waals surface area contributed by atoms with E-state index in [-0.39, 0.29) is 53.1 Å². The lowest BCUT2D eigenvalue weighted by Crippen LogP contribution is -2.51. The van der Waals surface area contributed by atoms with Gasteiger partial charge in [0, 0.05) is 54.8 Å². The number of fused-ring (bicyclic) bond motifs is 6. The molecule has 8 rings (SSSR count). The fourth-order valence-corrected chi connectivity index (χ4v) is 7.94. The summed E-state index contributed by atoms with van der Waals surface area (Å²) < 4.78 is 43.6. The van der Waals surface area contributed by atoms with Gasteiger partial charge in [-0.2, -0.15) is 9.97 Å². The van der Waals surface area contributed by atoms with Crippen LogP contribution in [0.2, 0.25) is 5.02 Å². The first-order valence-corrected chi connectivity index (χ1v) is 15.8. The van der Waals surface area contributed by atoms with Crippen LogP contribution in [0.5, 0.6) is 11.8 Å². The zero-order chi connectivity index (χ0) is 29.9. The number of benzene rings is 3. The zero-order valence-corrected chi connectivity index (χ0v) is 24.9. The fourth-order valence-electron chi connectivity index (χ4n) is 7.64. The Morgan fingerprint density at radius 3 is 2.55 bits per heavy atom. The number of rotatable bonds is 7. The normalized spacial score (nSPS) is 25.7. The number of ether oxygens (including phenoxy) is 2. The average molecular weight is 622 g/mol. The molecule has 5 unspecified atom stereocenters. The molecule has 2 N–H and O–H groups in total. The van der Waals surface area contributed by atoms with Crippen LogP contribution in [0.15, 0.2) is 42.5 Å². The van der Waals surface area contributed by atoms with Crippen LogP contribution in [0.3, 0.4) is 0 Å². The van der Waals surface area contributed by atoms with E-state index < -0.39 is 12.0 Å². The van der Waals surface area contributed by atoms with Crippen molar-refractivity contribution in [1.82, 2.24) is 20.2 Å². The number of aromatic nitrogens is 2. The fraction of sp³-hybridized carbons (Fsp3) is 0.455. The zero-order valence-electron chi connectivity index (χ0n) is 24.2. The number of hydrogen-bond acceptors (Lipinski definition) is 8. The number of alkyl halides is 1. The van der Waals surface area contributed by atoms with Gasteiger partial charge in [-0.15, -0.1) is 0 Å². The SMILES string of the molecule is Oc1cc(-c2c(Cl)cc3c(N4CC5CCC(C4)N5)nc(OCC(F)CN4C5CCC4COC5)nc3c2F)c2ccccc2c1. The monoisotopic (exact) mass is 621 g/mol. The van der Waals surface area contributed by atoms with E-state index in [0.717, 1.165) is 36.5 Å². The molecule has 4 aliphatic rings. The van der Waals surface area contributed by atoms with Gasteiger partial charge in [-0.3, -0.25) is 4.90 Å². The largest absolute Gasteiger partial charge is 0.508 e. The second-order valence-electron chi connectivity index (χ2n) is 12.6. The van der Waals surface area contributed by atoms with E-state index >= 15 is 8.78 Å². The number of nitrogens with zero attached hydrogens (tertiary/aromatic N) is 4. The number of morpholine rings is 1. The number of halogens is 3. The van der Waals surface area contributed by atoms with Crippen molar-refractivity contribution in [2.24, 2.45) is 0 Å². The Kier molecular flexibility index (Phi) is 7.20. The Morgan fingerprint density at radius 1 is 1.02 bits per heavy atom. The molecule has 5 heterocycles. The third-order valence-corrected chi connectivity index (χ3v) is 9.97. The van der Waals surface area contributed by atoms with Crippen molar-refractivity contribution in [1.29, 1.82) is 0 Å². The molecule has 4 fully saturated rings. The molecule has 0 radical (unpaired) electrons. The highest BCUT2D eigenvalue weighted by molar-refractivity contribution is 6.35. The molecule has 5 atom stereocenters. The van der Waals surface area contributed by atoms with E-state index in [2.05, 4.69) is 20.1 Å². The average Bonchev–Trinajstić information content (AvgIpc) is 3.45. The van der Waals surface area contributed by atoms with Crippen molar-refractivity contribution in [2.45, 2.75) is 56.0 Å². The van der Waals surface area contributed by atoms with Gasteiger partial charge in [0.25, 0.3) is 0 Å². The van der Waals surface area contributed by atoms with Crippen LogP contribution in [-0.2, 0) is 4.74 Å². The Balaban J connectivity index is 1.18. The second-order valence-corrected chi connectivity index (χ2v) is 13.0. The lowest BCUT2D eigenvalue weighted by Gasteiger charge is -2.35. The van der Waals surface area contributed by atoms with E-state index in [1.54, 1.807) is 12.1 Å². The highest BCUT2D eigenvalue weighted by atomic mass is 35.5. The number of hydrogen-bond donors (Lipinski definition) is 2. The van der Waals surface area contributed by atoms with Crippen LogP contribution >= 0.6 is 11.6 Å². The molecule has 0 amide bonds. The third kappa shape index (κ3) is 5.01. The second kappa shape index (κ2) is 11.2. The Bertz CT molecular complexity index is 1720. The molecule has 11 heteroatoms. The maximum atomic E-state index is 16.7. The van der Waals surface area contributed by atoms with Gasteiger partial charge in [-0.1, -0.05) is 35.9 Å². The molecule has 3 aromatic carbocycles. The van der Waals surface area contributed by atoms with Crippen LogP contribution in [0, 0.1) is 5.82 Å². The summed E-state index contributed by atoms with van der Waals surface area (Å²) in [5, 5.41) is 16.3. The first-order chi connectivity index (χ1) is 21.4. The van der Waals surface area contributed by atoms with Crippen LogP contribution in [-0.4, -0.2) is 89.8 Å². The molecule has 0 aliphatic carbocycles. The van der Waals surface area contributed by atoms with Crippen LogP contribution in [0.1, 0.15) is 25.7 Å². The lowest BCUT2D eigenvalue weighted by atomic mass is 9.96. The summed E-state index contributed by atoms with van der Waals surface area (Å²) in [7, 11) is 0. The summed E-state index contributed by atoms with van der Waals surface area (Å²) in [6.07, 6.45) is 2.88. The van der Waals surface area contributed by atoms with Crippen molar-refractivity contribution >= 4 is 39.1 Å². The van der Waals surface area contributed by atoms with Crippen molar-refractivity contribution in [3.63, 3.8) is 0 Å². The van der Waals surface area contributed by atoms with Crippen LogP contribution in [0.4, 0.5) is 14.6 Å². The maximum absolute atomic E-state index is 16.7. The van der Waals surface area contributed by atoms with Crippen LogP contribution < -0.4 is 15.0 Å². The van der Waals surface area contributed by atoms with Gasteiger partial charge >= 0.3 is 6.01 Å². The minimum Gasteiger partial charge on any atom is -0.508 e. The molecular formula is C33H34ClF2N5O3. The topological polar surface area (TPSA) is 83.0 Å². The van der Waals surface area contributed by atoms with Crippen molar-refractivity contribution in [3.8, 4) is 22.9 Å². The van der Waals surface area contributed by atoms with Gasteiger partial charge in [0.1, 0.15) is 29.9 Å². The summed E-state index contributed by atoms with van der Waals surface area (Å²) in [5.74, 6) is -0.115. The first kappa shape index (κ1) is 28.2.